The summed E-state index contributed by atoms with van der Waals surface area (Å²) in [7, 11) is 0. The van der Waals surface area contributed by atoms with E-state index in [0.717, 1.165) is 5.56 Å². The zero-order valence-corrected chi connectivity index (χ0v) is 7.23. The van der Waals surface area contributed by atoms with Crippen LogP contribution in [-0.4, -0.2) is 12.2 Å². The molecule has 64 valence electrons. The topological polar surface area (TPSA) is 12.5 Å². The maximum atomic E-state index is 5.20. The summed E-state index contributed by atoms with van der Waals surface area (Å²) in [6, 6.07) is 9.90. The van der Waals surface area contributed by atoms with E-state index in [0.29, 0.717) is 0 Å². The Kier molecular flexibility index (Phi) is 2.16. The molecule has 1 aliphatic rings. The molecule has 1 aromatic rings. The van der Waals surface area contributed by atoms with Crippen molar-refractivity contribution < 1.29 is 4.74 Å². The Morgan fingerprint density at radius 1 is 1.31 bits per heavy atom. The average molecular weight is 170 g/mol. The minimum atomic E-state index is 0.0673. The van der Waals surface area contributed by atoms with Gasteiger partial charge < -0.3 is 4.74 Å². The van der Waals surface area contributed by atoms with Gasteiger partial charge in [0, 0.05) is 5.56 Å². The van der Waals surface area contributed by atoms with Crippen molar-refractivity contribution in [2.45, 2.75) is 12.2 Å². The van der Waals surface area contributed by atoms with Crippen LogP contribution < -0.4 is 0 Å². The molecular weight excluding hydrogens is 160 g/mol. The Bertz CT molecular complexity index is 356. The van der Waals surface area contributed by atoms with Crippen molar-refractivity contribution in [3.8, 4) is 11.8 Å². The molecular formula is C12H10O. The lowest BCUT2D eigenvalue weighted by atomic mass is 10.2. The maximum absolute atomic E-state index is 5.20. The van der Waals surface area contributed by atoms with Gasteiger partial charge in [0.15, 0.2) is 0 Å². The molecule has 1 heterocycles. The van der Waals surface area contributed by atoms with Crippen LogP contribution in [0.5, 0.6) is 0 Å². The zero-order chi connectivity index (χ0) is 9.10. The standard InChI is InChI=1S/C12H10O/c1-2-11-12(13-11)9-8-10-6-4-3-5-7-10/h2-7,11-12H,1H2/t11-,12+/m0/s1. The van der Waals surface area contributed by atoms with Crippen molar-refractivity contribution in [2.24, 2.45) is 0 Å². The van der Waals surface area contributed by atoms with Crippen LogP contribution in [0, 0.1) is 11.8 Å². The van der Waals surface area contributed by atoms with Crippen LogP contribution in [0.4, 0.5) is 0 Å². The van der Waals surface area contributed by atoms with E-state index in [4.69, 9.17) is 4.74 Å². The van der Waals surface area contributed by atoms with Crippen molar-refractivity contribution in [1.29, 1.82) is 0 Å². The maximum Gasteiger partial charge on any atom is 0.149 e. The Hall–Kier alpha value is -1.52. The predicted molar refractivity (Wildman–Crippen MR) is 52.2 cm³/mol. The smallest absolute Gasteiger partial charge is 0.149 e. The highest BCUT2D eigenvalue weighted by molar-refractivity contribution is 5.36. The van der Waals surface area contributed by atoms with Crippen molar-refractivity contribution in [2.75, 3.05) is 0 Å². The lowest BCUT2D eigenvalue weighted by Gasteiger charge is -1.84. The van der Waals surface area contributed by atoms with Crippen molar-refractivity contribution in [1.82, 2.24) is 0 Å². The molecule has 0 N–H and O–H groups in total. The number of benzene rings is 1. The third-order valence-electron chi connectivity index (χ3n) is 1.89. The molecule has 2 atom stereocenters. The van der Waals surface area contributed by atoms with Gasteiger partial charge >= 0.3 is 0 Å². The predicted octanol–water partition coefficient (Wildman–Crippen LogP) is 1.99. The molecule has 0 unspecified atom stereocenters. The molecule has 0 amide bonds. The number of hydrogen-bond donors (Lipinski definition) is 0. The number of hydrogen-bond acceptors (Lipinski definition) is 1. The third-order valence-corrected chi connectivity index (χ3v) is 1.89. The molecule has 0 spiro atoms. The van der Waals surface area contributed by atoms with Crippen LogP contribution in [0.25, 0.3) is 0 Å². The van der Waals surface area contributed by atoms with Crippen molar-refractivity contribution in [3.05, 3.63) is 48.6 Å². The minimum Gasteiger partial charge on any atom is -0.351 e. The third kappa shape index (κ3) is 1.99. The number of rotatable bonds is 1. The van der Waals surface area contributed by atoms with Gasteiger partial charge in [-0.2, -0.15) is 0 Å². The van der Waals surface area contributed by atoms with E-state index >= 15 is 0 Å². The van der Waals surface area contributed by atoms with Crippen LogP contribution in [0.15, 0.2) is 43.0 Å². The molecule has 0 aromatic heterocycles. The summed E-state index contributed by atoms with van der Waals surface area (Å²) < 4.78 is 5.20. The van der Waals surface area contributed by atoms with E-state index in [1.165, 1.54) is 0 Å². The highest BCUT2D eigenvalue weighted by atomic mass is 16.6. The summed E-state index contributed by atoms with van der Waals surface area (Å²) in [5.41, 5.74) is 1.03. The fourth-order valence-electron chi connectivity index (χ4n) is 1.10. The fourth-order valence-corrected chi connectivity index (χ4v) is 1.10. The molecule has 1 aromatic carbocycles. The van der Waals surface area contributed by atoms with Gasteiger partial charge in [0.1, 0.15) is 12.2 Å². The monoisotopic (exact) mass is 170 g/mol. The molecule has 13 heavy (non-hydrogen) atoms. The van der Waals surface area contributed by atoms with E-state index in [1.54, 1.807) is 6.08 Å². The number of epoxide rings is 1. The minimum absolute atomic E-state index is 0.0673. The Morgan fingerprint density at radius 3 is 2.69 bits per heavy atom. The van der Waals surface area contributed by atoms with Gasteiger partial charge in [0.2, 0.25) is 0 Å². The van der Waals surface area contributed by atoms with Crippen LogP contribution in [0.3, 0.4) is 0 Å². The molecule has 0 bridgehead atoms. The van der Waals surface area contributed by atoms with Crippen LogP contribution in [-0.2, 0) is 4.74 Å². The summed E-state index contributed by atoms with van der Waals surface area (Å²) >= 11 is 0. The van der Waals surface area contributed by atoms with E-state index in [9.17, 15) is 0 Å². The first-order chi connectivity index (χ1) is 6.40. The first kappa shape index (κ1) is 8.10. The Labute approximate surface area is 78.0 Å². The second-order valence-corrected chi connectivity index (χ2v) is 2.89. The first-order valence-electron chi connectivity index (χ1n) is 4.25. The van der Waals surface area contributed by atoms with Gasteiger partial charge in [-0.05, 0) is 12.1 Å². The molecule has 1 nitrogen and oxygen atoms in total. The SMILES string of the molecule is C=C[C@@H]1O[C@@H]1C#Cc1ccccc1. The summed E-state index contributed by atoms with van der Waals surface area (Å²) in [4.78, 5) is 0. The van der Waals surface area contributed by atoms with E-state index in [-0.39, 0.29) is 12.2 Å². The largest absolute Gasteiger partial charge is 0.351 e. The van der Waals surface area contributed by atoms with Gasteiger partial charge in [-0.3, -0.25) is 0 Å². The number of ether oxygens (including phenoxy) is 1. The molecule has 1 aliphatic heterocycles. The Balaban J connectivity index is 2.02. The van der Waals surface area contributed by atoms with E-state index in [1.807, 2.05) is 30.3 Å². The van der Waals surface area contributed by atoms with E-state index < -0.39 is 0 Å². The van der Waals surface area contributed by atoms with Gasteiger partial charge in [-0.1, -0.05) is 36.1 Å². The summed E-state index contributed by atoms with van der Waals surface area (Å²) in [5.74, 6) is 6.08. The second kappa shape index (κ2) is 3.47. The highest BCUT2D eigenvalue weighted by Gasteiger charge is 2.33. The van der Waals surface area contributed by atoms with E-state index in [2.05, 4.69) is 18.4 Å². The zero-order valence-electron chi connectivity index (χ0n) is 7.23. The summed E-state index contributed by atoms with van der Waals surface area (Å²) in [6.45, 7) is 3.64. The Morgan fingerprint density at radius 2 is 2.08 bits per heavy atom. The van der Waals surface area contributed by atoms with Gasteiger partial charge in [0.25, 0.3) is 0 Å². The molecule has 0 aliphatic carbocycles. The molecule has 2 rings (SSSR count). The summed E-state index contributed by atoms with van der Waals surface area (Å²) in [6.07, 6.45) is 2.00. The molecule has 1 heteroatoms. The normalized spacial score (nSPS) is 24.3. The lowest BCUT2D eigenvalue weighted by Crippen LogP contribution is -1.83. The molecule has 1 fully saturated rings. The van der Waals surface area contributed by atoms with Crippen LogP contribution >= 0.6 is 0 Å². The summed E-state index contributed by atoms with van der Waals surface area (Å²) in [5, 5.41) is 0. The van der Waals surface area contributed by atoms with Crippen LogP contribution in [0.1, 0.15) is 5.56 Å². The van der Waals surface area contributed by atoms with Gasteiger partial charge in [0.05, 0.1) is 0 Å². The quantitative estimate of drug-likeness (QED) is 0.357. The van der Waals surface area contributed by atoms with Crippen LogP contribution in [0.2, 0.25) is 0 Å². The lowest BCUT2D eigenvalue weighted by molar-refractivity contribution is 0.417. The van der Waals surface area contributed by atoms with Gasteiger partial charge in [-0.15, -0.1) is 6.58 Å². The average Bonchev–Trinajstić information content (AvgIpc) is 2.95. The first-order valence-corrected chi connectivity index (χ1v) is 4.25. The molecule has 1 saturated heterocycles. The second-order valence-electron chi connectivity index (χ2n) is 2.89. The molecule has 0 saturated carbocycles. The highest BCUT2D eigenvalue weighted by Crippen LogP contribution is 2.21. The van der Waals surface area contributed by atoms with Crippen molar-refractivity contribution >= 4 is 0 Å². The molecule has 0 radical (unpaired) electrons. The van der Waals surface area contributed by atoms with Gasteiger partial charge in [-0.25, -0.2) is 0 Å². The fraction of sp³-hybridized carbons (Fsp3) is 0.167. The van der Waals surface area contributed by atoms with Crippen molar-refractivity contribution in [3.63, 3.8) is 0 Å².